The number of nitrogens with two attached hydrogens (primary N) is 1. The summed E-state index contributed by atoms with van der Waals surface area (Å²) in [5.41, 5.74) is 8.01. The molecule has 2 aromatic carbocycles. The Bertz CT molecular complexity index is 907. The number of rotatable bonds is 5. The summed E-state index contributed by atoms with van der Waals surface area (Å²) in [6.07, 6.45) is 1.36. The highest BCUT2D eigenvalue weighted by molar-refractivity contribution is 6.00. The maximum Gasteiger partial charge on any atom is 0.254 e. The van der Waals surface area contributed by atoms with Crippen molar-refractivity contribution in [1.29, 1.82) is 0 Å². The molecule has 0 radical (unpaired) electrons. The van der Waals surface area contributed by atoms with E-state index in [-0.39, 0.29) is 11.7 Å². The Morgan fingerprint density at radius 3 is 2.52 bits per heavy atom. The smallest absolute Gasteiger partial charge is 0.254 e. The zero-order chi connectivity index (χ0) is 19.6. The van der Waals surface area contributed by atoms with E-state index in [1.165, 1.54) is 18.9 Å². The zero-order valence-corrected chi connectivity index (χ0v) is 15.4. The summed E-state index contributed by atoms with van der Waals surface area (Å²) in [5, 5.41) is 0. The van der Waals surface area contributed by atoms with Crippen LogP contribution in [0.25, 0.3) is 11.1 Å². The third-order valence-corrected chi connectivity index (χ3v) is 4.86. The summed E-state index contributed by atoms with van der Waals surface area (Å²) in [4.78, 5) is 37.9. The predicted octanol–water partition coefficient (Wildman–Crippen LogP) is 2.65. The minimum Gasteiger partial charge on any atom is -0.496 e. The Morgan fingerprint density at radius 1 is 1.11 bits per heavy atom. The monoisotopic (exact) mass is 366 g/mol. The van der Waals surface area contributed by atoms with Crippen molar-refractivity contribution < 1.29 is 19.1 Å². The number of hydrogen-bond donors (Lipinski definition) is 1. The molecule has 3 rings (SSSR count). The molecule has 140 valence electrons. The van der Waals surface area contributed by atoms with Crippen LogP contribution in [0.15, 0.2) is 42.5 Å². The number of likely N-dealkylation sites (tertiary alicyclic amines) is 1. The van der Waals surface area contributed by atoms with Crippen molar-refractivity contribution in [2.75, 3.05) is 13.7 Å². The number of ether oxygens (including phenoxy) is 1. The van der Waals surface area contributed by atoms with Gasteiger partial charge in [0.15, 0.2) is 5.78 Å². The molecule has 1 saturated heterocycles. The number of benzene rings is 2. The van der Waals surface area contributed by atoms with Crippen LogP contribution in [-0.4, -0.2) is 42.2 Å². The van der Waals surface area contributed by atoms with E-state index in [2.05, 4.69) is 0 Å². The second kappa shape index (κ2) is 7.61. The first kappa shape index (κ1) is 18.6. The lowest BCUT2D eigenvalue weighted by molar-refractivity contribution is -0.121. The van der Waals surface area contributed by atoms with Crippen LogP contribution in [0, 0.1) is 0 Å². The molecule has 2 N–H and O–H groups in total. The zero-order valence-electron chi connectivity index (χ0n) is 15.4. The number of amides is 2. The van der Waals surface area contributed by atoms with E-state index in [1.54, 1.807) is 30.3 Å². The molecule has 0 unspecified atom stereocenters. The normalized spacial score (nSPS) is 16.2. The predicted molar refractivity (Wildman–Crippen MR) is 102 cm³/mol. The van der Waals surface area contributed by atoms with Gasteiger partial charge in [-0.05, 0) is 55.2 Å². The van der Waals surface area contributed by atoms with Gasteiger partial charge < -0.3 is 15.4 Å². The minimum absolute atomic E-state index is 0.0951. The lowest BCUT2D eigenvalue weighted by Gasteiger charge is -2.22. The lowest BCUT2D eigenvalue weighted by atomic mass is 9.99. The molecule has 27 heavy (non-hydrogen) atoms. The van der Waals surface area contributed by atoms with Gasteiger partial charge >= 0.3 is 0 Å². The summed E-state index contributed by atoms with van der Waals surface area (Å²) in [6, 6.07) is 11.9. The van der Waals surface area contributed by atoms with Crippen molar-refractivity contribution in [2.24, 2.45) is 5.73 Å². The molecule has 1 aliphatic rings. The van der Waals surface area contributed by atoms with Crippen LogP contribution in [0.3, 0.4) is 0 Å². The molecule has 2 aromatic rings. The molecule has 2 amide bonds. The summed E-state index contributed by atoms with van der Waals surface area (Å²) in [5.74, 6) is -0.265. The van der Waals surface area contributed by atoms with Crippen LogP contribution >= 0.6 is 0 Å². The van der Waals surface area contributed by atoms with E-state index in [0.29, 0.717) is 29.8 Å². The fourth-order valence-electron chi connectivity index (χ4n) is 3.47. The highest BCUT2D eigenvalue weighted by Crippen LogP contribution is 2.28. The molecular formula is C21H22N2O4. The van der Waals surface area contributed by atoms with Gasteiger partial charge in [0.2, 0.25) is 5.91 Å². The SMILES string of the molecule is COc1ccc(-c2cccc(C(=O)N3CCC[C@H]3C(N)=O)c2)cc1C(C)=O. The number of carbonyl (C=O) groups excluding carboxylic acids is 3. The largest absolute Gasteiger partial charge is 0.496 e. The van der Waals surface area contributed by atoms with Crippen LogP contribution in [0.1, 0.15) is 40.5 Å². The quantitative estimate of drug-likeness (QED) is 0.824. The molecule has 0 bridgehead atoms. The molecule has 6 heteroatoms. The number of ketones is 1. The first-order valence-electron chi connectivity index (χ1n) is 8.82. The van der Waals surface area contributed by atoms with E-state index < -0.39 is 11.9 Å². The Labute approximate surface area is 157 Å². The molecule has 0 aliphatic carbocycles. The Balaban J connectivity index is 1.94. The molecule has 1 aliphatic heterocycles. The van der Waals surface area contributed by atoms with Gasteiger partial charge in [-0.25, -0.2) is 0 Å². The maximum absolute atomic E-state index is 12.9. The first-order chi connectivity index (χ1) is 12.9. The van der Waals surface area contributed by atoms with Gasteiger partial charge in [0.05, 0.1) is 12.7 Å². The fourth-order valence-corrected chi connectivity index (χ4v) is 3.47. The summed E-state index contributed by atoms with van der Waals surface area (Å²) < 4.78 is 5.24. The van der Waals surface area contributed by atoms with Crippen LogP contribution in [0.2, 0.25) is 0 Å². The average molecular weight is 366 g/mol. The molecule has 0 aromatic heterocycles. The van der Waals surface area contributed by atoms with Crippen molar-refractivity contribution in [1.82, 2.24) is 4.90 Å². The topological polar surface area (TPSA) is 89.7 Å². The second-order valence-electron chi connectivity index (χ2n) is 6.61. The molecular weight excluding hydrogens is 344 g/mol. The number of hydrogen-bond acceptors (Lipinski definition) is 4. The summed E-state index contributed by atoms with van der Waals surface area (Å²) in [7, 11) is 1.52. The number of methoxy groups -OCH3 is 1. The van der Waals surface area contributed by atoms with E-state index in [0.717, 1.165) is 17.5 Å². The van der Waals surface area contributed by atoms with Gasteiger partial charge in [0, 0.05) is 12.1 Å². The summed E-state index contributed by atoms with van der Waals surface area (Å²) >= 11 is 0. The van der Waals surface area contributed by atoms with Crippen molar-refractivity contribution >= 4 is 17.6 Å². The molecule has 1 heterocycles. The van der Waals surface area contributed by atoms with Gasteiger partial charge in [0.1, 0.15) is 11.8 Å². The van der Waals surface area contributed by atoms with Crippen LogP contribution in [0.4, 0.5) is 0 Å². The second-order valence-corrected chi connectivity index (χ2v) is 6.61. The molecule has 1 atom stereocenters. The van der Waals surface area contributed by atoms with E-state index in [9.17, 15) is 14.4 Å². The van der Waals surface area contributed by atoms with Gasteiger partial charge in [0.25, 0.3) is 5.91 Å². The molecule has 0 spiro atoms. The van der Waals surface area contributed by atoms with Gasteiger partial charge in [-0.3, -0.25) is 14.4 Å². The third-order valence-electron chi connectivity index (χ3n) is 4.86. The van der Waals surface area contributed by atoms with Crippen molar-refractivity contribution in [2.45, 2.75) is 25.8 Å². The van der Waals surface area contributed by atoms with Crippen molar-refractivity contribution in [3.63, 3.8) is 0 Å². The summed E-state index contributed by atoms with van der Waals surface area (Å²) in [6.45, 7) is 2.01. The Morgan fingerprint density at radius 2 is 1.85 bits per heavy atom. The van der Waals surface area contributed by atoms with Crippen LogP contribution in [0.5, 0.6) is 5.75 Å². The third kappa shape index (κ3) is 3.69. The van der Waals surface area contributed by atoms with Crippen molar-refractivity contribution in [3.05, 3.63) is 53.6 Å². The highest BCUT2D eigenvalue weighted by atomic mass is 16.5. The highest BCUT2D eigenvalue weighted by Gasteiger charge is 2.33. The van der Waals surface area contributed by atoms with E-state index in [1.807, 2.05) is 12.1 Å². The average Bonchev–Trinajstić information content (AvgIpc) is 3.17. The molecule has 0 saturated carbocycles. The van der Waals surface area contributed by atoms with Gasteiger partial charge in [-0.15, -0.1) is 0 Å². The Kier molecular flexibility index (Phi) is 5.26. The lowest BCUT2D eigenvalue weighted by Crippen LogP contribution is -2.43. The number of carbonyl (C=O) groups is 3. The first-order valence-corrected chi connectivity index (χ1v) is 8.82. The van der Waals surface area contributed by atoms with Crippen LogP contribution < -0.4 is 10.5 Å². The minimum atomic E-state index is -0.550. The number of primary amides is 1. The standard InChI is InChI=1S/C21H22N2O4/c1-13(24)17-12-15(8-9-19(17)27-2)14-5-3-6-16(11-14)21(26)23-10-4-7-18(23)20(22)25/h3,5-6,8-9,11-12,18H,4,7,10H2,1-2H3,(H2,22,25)/t18-/m0/s1. The Hall–Kier alpha value is -3.15. The van der Waals surface area contributed by atoms with E-state index >= 15 is 0 Å². The van der Waals surface area contributed by atoms with Gasteiger partial charge in [-0.2, -0.15) is 0 Å². The molecule has 1 fully saturated rings. The number of nitrogens with zero attached hydrogens (tertiary/aromatic N) is 1. The van der Waals surface area contributed by atoms with Crippen LogP contribution in [-0.2, 0) is 4.79 Å². The van der Waals surface area contributed by atoms with Crippen molar-refractivity contribution in [3.8, 4) is 16.9 Å². The number of Topliss-reactive ketones (excluding diaryl/α,β-unsaturated/α-hetero) is 1. The maximum atomic E-state index is 12.9. The van der Waals surface area contributed by atoms with E-state index in [4.69, 9.17) is 10.5 Å². The fraction of sp³-hybridized carbons (Fsp3) is 0.286. The van der Waals surface area contributed by atoms with Gasteiger partial charge in [-0.1, -0.05) is 18.2 Å². The molecule has 6 nitrogen and oxygen atoms in total.